The number of carbonyl (C=O) groups excluding carboxylic acids is 1. The van der Waals surface area contributed by atoms with Crippen molar-refractivity contribution in [3.8, 4) is 11.4 Å². The smallest absolute Gasteiger partial charge is 0.358 e. The zero-order chi connectivity index (χ0) is 16.3. The van der Waals surface area contributed by atoms with Gasteiger partial charge in [-0.1, -0.05) is 13.8 Å². The molecule has 5 nitrogen and oxygen atoms in total. The van der Waals surface area contributed by atoms with Crippen LogP contribution in [0.25, 0.3) is 5.69 Å². The van der Waals surface area contributed by atoms with E-state index in [1.54, 1.807) is 31.3 Å². The Labute approximate surface area is 128 Å². The molecule has 1 heterocycles. The van der Waals surface area contributed by atoms with E-state index in [9.17, 15) is 9.18 Å². The van der Waals surface area contributed by atoms with Crippen LogP contribution in [0.15, 0.2) is 24.4 Å². The first-order chi connectivity index (χ1) is 10.5. The molecule has 0 N–H and O–H groups in total. The van der Waals surface area contributed by atoms with Crippen molar-refractivity contribution in [1.29, 1.82) is 0 Å². The third-order valence-electron chi connectivity index (χ3n) is 3.24. The molecule has 1 aromatic heterocycles. The minimum Gasteiger partial charge on any atom is -0.494 e. The molecule has 0 unspecified atom stereocenters. The Bertz CT molecular complexity index is 680. The van der Waals surface area contributed by atoms with Gasteiger partial charge in [-0.05, 0) is 31.0 Å². The van der Waals surface area contributed by atoms with E-state index in [-0.39, 0.29) is 24.0 Å². The Hall–Kier alpha value is -2.37. The molecule has 0 atom stereocenters. The van der Waals surface area contributed by atoms with Gasteiger partial charge in [-0.2, -0.15) is 5.10 Å². The lowest BCUT2D eigenvalue weighted by Gasteiger charge is -2.16. The molecule has 22 heavy (non-hydrogen) atoms. The number of carbonyl (C=O) groups is 1. The molecule has 6 heteroatoms. The number of aromatic nitrogens is 2. The molecule has 0 saturated carbocycles. The second-order valence-corrected chi connectivity index (χ2v) is 5.04. The number of rotatable bonds is 5. The van der Waals surface area contributed by atoms with E-state index in [4.69, 9.17) is 9.47 Å². The third kappa shape index (κ3) is 2.95. The number of benzene rings is 1. The Morgan fingerprint density at radius 1 is 1.36 bits per heavy atom. The molecular weight excluding hydrogens is 287 g/mol. The van der Waals surface area contributed by atoms with Crippen LogP contribution in [0.5, 0.6) is 5.75 Å². The summed E-state index contributed by atoms with van der Waals surface area (Å²) in [6.07, 6.45) is 1.61. The highest BCUT2D eigenvalue weighted by Gasteiger charge is 2.19. The maximum Gasteiger partial charge on any atom is 0.358 e. The lowest BCUT2D eigenvalue weighted by atomic mass is 10.00. The number of esters is 1. The van der Waals surface area contributed by atoms with Crippen LogP contribution in [0.1, 0.15) is 42.7 Å². The lowest BCUT2D eigenvalue weighted by Crippen LogP contribution is -2.09. The van der Waals surface area contributed by atoms with E-state index >= 15 is 0 Å². The van der Waals surface area contributed by atoms with E-state index in [1.165, 1.54) is 11.8 Å². The SMILES string of the molecule is CCOC(=O)c1ccn(-c2ccc(OC)c(F)c2C(C)C)n1. The largest absolute Gasteiger partial charge is 0.494 e. The van der Waals surface area contributed by atoms with E-state index in [0.717, 1.165) is 0 Å². The second-order valence-electron chi connectivity index (χ2n) is 5.04. The topological polar surface area (TPSA) is 53.4 Å². The second kappa shape index (κ2) is 6.60. The van der Waals surface area contributed by atoms with Crippen molar-refractivity contribution < 1.29 is 18.7 Å². The average Bonchev–Trinajstić information content (AvgIpc) is 2.96. The fourth-order valence-corrected chi connectivity index (χ4v) is 2.24. The summed E-state index contributed by atoms with van der Waals surface area (Å²) in [4.78, 5) is 11.7. The predicted octanol–water partition coefficient (Wildman–Crippen LogP) is 3.32. The summed E-state index contributed by atoms with van der Waals surface area (Å²) in [6, 6.07) is 4.81. The zero-order valence-corrected chi connectivity index (χ0v) is 13.1. The first-order valence-corrected chi connectivity index (χ1v) is 7.09. The normalized spacial score (nSPS) is 10.8. The highest BCUT2D eigenvalue weighted by atomic mass is 19.1. The van der Waals surface area contributed by atoms with Gasteiger partial charge in [0.05, 0.1) is 19.4 Å². The highest BCUT2D eigenvalue weighted by molar-refractivity contribution is 5.87. The van der Waals surface area contributed by atoms with Crippen molar-refractivity contribution in [2.45, 2.75) is 26.7 Å². The van der Waals surface area contributed by atoms with Crippen molar-refractivity contribution in [2.75, 3.05) is 13.7 Å². The van der Waals surface area contributed by atoms with Crippen LogP contribution in [-0.2, 0) is 4.74 Å². The number of halogens is 1. The number of hydrogen-bond acceptors (Lipinski definition) is 4. The molecule has 0 aliphatic heterocycles. The maximum atomic E-state index is 14.5. The number of hydrogen-bond donors (Lipinski definition) is 0. The molecule has 0 aliphatic carbocycles. The van der Waals surface area contributed by atoms with Gasteiger partial charge in [0.2, 0.25) is 0 Å². The Morgan fingerprint density at radius 2 is 2.09 bits per heavy atom. The van der Waals surface area contributed by atoms with Crippen molar-refractivity contribution in [1.82, 2.24) is 9.78 Å². The first-order valence-electron chi connectivity index (χ1n) is 7.09. The van der Waals surface area contributed by atoms with E-state index in [1.807, 2.05) is 13.8 Å². The quantitative estimate of drug-likeness (QED) is 0.795. The predicted molar refractivity (Wildman–Crippen MR) is 80.1 cm³/mol. The summed E-state index contributed by atoms with van der Waals surface area (Å²) >= 11 is 0. The van der Waals surface area contributed by atoms with Gasteiger partial charge in [-0.25, -0.2) is 13.9 Å². The van der Waals surface area contributed by atoms with Crippen LogP contribution in [-0.4, -0.2) is 29.5 Å². The van der Waals surface area contributed by atoms with E-state index in [2.05, 4.69) is 5.10 Å². The standard InChI is InChI=1S/C16H19FN2O3/c1-5-22-16(20)11-8-9-19(18-11)12-6-7-13(21-4)15(17)14(12)10(2)3/h6-10H,5H2,1-4H3. The van der Waals surface area contributed by atoms with E-state index < -0.39 is 11.8 Å². The lowest BCUT2D eigenvalue weighted by molar-refractivity contribution is 0.0519. The summed E-state index contributed by atoms with van der Waals surface area (Å²) < 4.78 is 25.9. The molecule has 0 bridgehead atoms. The molecule has 1 aromatic carbocycles. The molecular formula is C16H19FN2O3. The van der Waals surface area contributed by atoms with Crippen LogP contribution < -0.4 is 4.74 Å². The summed E-state index contributed by atoms with van der Waals surface area (Å²) in [5.41, 5.74) is 1.24. The minimum atomic E-state index is -0.499. The molecule has 2 aromatic rings. The zero-order valence-electron chi connectivity index (χ0n) is 13.1. The van der Waals surface area contributed by atoms with E-state index in [0.29, 0.717) is 11.3 Å². The van der Waals surface area contributed by atoms with Gasteiger partial charge in [0.1, 0.15) is 0 Å². The van der Waals surface area contributed by atoms with Gasteiger partial charge < -0.3 is 9.47 Å². The van der Waals surface area contributed by atoms with Crippen LogP contribution in [0, 0.1) is 5.82 Å². The first kappa shape index (κ1) is 16.0. The maximum absolute atomic E-state index is 14.5. The fraction of sp³-hybridized carbons (Fsp3) is 0.375. The number of nitrogens with zero attached hydrogens (tertiary/aromatic N) is 2. The molecule has 2 rings (SSSR count). The van der Waals surface area contributed by atoms with Crippen molar-refractivity contribution in [3.05, 3.63) is 41.5 Å². The molecule has 0 fully saturated rings. The van der Waals surface area contributed by atoms with Gasteiger partial charge in [0.25, 0.3) is 0 Å². The van der Waals surface area contributed by atoms with Crippen molar-refractivity contribution in [3.63, 3.8) is 0 Å². The van der Waals surface area contributed by atoms with Gasteiger partial charge in [0.15, 0.2) is 17.3 Å². The fourth-order valence-electron chi connectivity index (χ4n) is 2.24. The van der Waals surface area contributed by atoms with Gasteiger partial charge in [-0.3, -0.25) is 0 Å². The average molecular weight is 306 g/mol. The van der Waals surface area contributed by atoms with Crippen LogP contribution in [0.4, 0.5) is 4.39 Å². The van der Waals surface area contributed by atoms with Crippen molar-refractivity contribution >= 4 is 5.97 Å². The molecule has 0 radical (unpaired) electrons. The Morgan fingerprint density at radius 3 is 2.68 bits per heavy atom. The Kier molecular flexibility index (Phi) is 4.80. The molecule has 0 aliphatic rings. The summed E-state index contributed by atoms with van der Waals surface area (Å²) in [5, 5.41) is 4.17. The summed E-state index contributed by atoms with van der Waals surface area (Å²) in [5.74, 6) is -0.796. The van der Waals surface area contributed by atoms with Crippen LogP contribution >= 0.6 is 0 Å². The van der Waals surface area contributed by atoms with Gasteiger partial charge in [-0.15, -0.1) is 0 Å². The molecule has 118 valence electrons. The van der Waals surface area contributed by atoms with Gasteiger partial charge >= 0.3 is 5.97 Å². The minimum absolute atomic E-state index is 0.0691. The summed E-state index contributed by atoms with van der Waals surface area (Å²) in [7, 11) is 1.43. The highest BCUT2D eigenvalue weighted by Crippen LogP contribution is 2.31. The monoisotopic (exact) mass is 306 g/mol. The summed E-state index contributed by atoms with van der Waals surface area (Å²) in [6.45, 7) is 5.78. The molecule has 0 saturated heterocycles. The van der Waals surface area contributed by atoms with Crippen LogP contribution in [0.3, 0.4) is 0 Å². The van der Waals surface area contributed by atoms with Gasteiger partial charge in [0, 0.05) is 11.8 Å². The number of ether oxygens (including phenoxy) is 2. The van der Waals surface area contributed by atoms with Crippen LogP contribution in [0.2, 0.25) is 0 Å². The van der Waals surface area contributed by atoms with Crippen molar-refractivity contribution in [2.24, 2.45) is 0 Å². The molecule has 0 spiro atoms. The number of methoxy groups -OCH3 is 1. The Balaban J connectivity index is 2.49. The molecule has 0 amide bonds. The third-order valence-corrected chi connectivity index (χ3v) is 3.24.